The molecule has 32 heavy (non-hydrogen) atoms. The van der Waals surface area contributed by atoms with Gasteiger partial charge >= 0.3 is 5.97 Å². The SMILES string of the molecule is CCOC(=O)c1cc(-c2ccc(OC)c(S(=O)(=O)Nc3cc(OC)ccc3OC)c2)on1. The van der Waals surface area contributed by atoms with Gasteiger partial charge in [-0.1, -0.05) is 5.16 Å². The topological polar surface area (TPSA) is 126 Å². The molecule has 1 N–H and O–H groups in total. The Labute approximate surface area is 185 Å². The van der Waals surface area contributed by atoms with Crippen LogP contribution in [-0.4, -0.2) is 47.5 Å². The zero-order valence-electron chi connectivity index (χ0n) is 17.9. The average molecular weight is 462 g/mol. The molecule has 1 heterocycles. The number of aromatic nitrogens is 1. The summed E-state index contributed by atoms with van der Waals surface area (Å²) in [6.45, 7) is 1.86. The van der Waals surface area contributed by atoms with Gasteiger partial charge in [-0.05, 0) is 37.3 Å². The number of hydrogen-bond acceptors (Lipinski definition) is 9. The second-order valence-corrected chi connectivity index (χ2v) is 7.99. The van der Waals surface area contributed by atoms with E-state index in [9.17, 15) is 13.2 Å². The van der Waals surface area contributed by atoms with Crippen molar-refractivity contribution in [2.45, 2.75) is 11.8 Å². The quantitative estimate of drug-likeness (QED) is 0.476. The third-order valence-corrected chi connectivity index (χ3v) is 5.77. The zero-order valence-corrected chi connectivity index (χ0v) is 18.7. The van der Waals surface area contributed by atoms with Gasteiger partial charge in [0.15, 0.2) is 11.5 Å². The van der Waals surface area contributed by atoms with Crippen LogP contribution in [0.1, 0.15) is 17.4 Å². The number of benzene rings is 2. The molecular weight excluding hydrogens is 440 g/mol. The van der Waals surface area contributed by atoms with Crippen molar-refractivity contribution in [3.05, 3.63) is 48.2 Å². The Morgan fingerprint density at radius 3 is 2.38 bits per heavy atom. The molecule has 0 saturated carbocycles. The summed E-state index contributed by atoms with van der Waals surface area (Å²) in [4.78, 5) is 11.7. The highest BCUT2D eigenvalue weighted by molar-refractivity contribution is 7.92. The summed E-state index contributed by atoms with van der Waals surface area (Å²) in [6, 6.07) is 10.5. The van der Waals surface area contributed by atoms with E-state index in [0.29, 0.717) is 17.1 Å². The number of esters is 1. The molecule has 11 heteroatoms. The normalized spacial score (nSPS) is 11.0. The van der Waals surface area contributed by atoms with E-state index in [0.717, 1.165) is 0 Å². The zero-order chi connectivity index (χ0) is 23.3. The van der Waals surface area contributed by atoms with Gasteiger partial charge in [-0.25, -0.2) is 13.2 Å². The standard InChI is InChI=1S/C21H22N2O8S/c1-5-30-21(24)16-12-19(31-22-16)13-6-8-18(29-4)20(10-13)32(25,26)23-15-11-14(27-2)7-9-17(15)28-3/h6-12,23H,5H2,1-4H3. The molecule has 0 amide bonds. The molecule has 0 saturated heterocycles. The van der Waals surface area contributed by atoms with Crippen LogP contribution in [0.5, 0.6) is 17.2 Å². The van der Waals surface area contributed by atoms with Gasteiger partial charge in [0.05, 0.1) is 33.6 Å². The molecule has 0 fully saturated rings. The summed E-state index contributed by atoms with van der Waals surface area (Å²) in [5.74, 6) is 0.395. The second-order valence-electron chi connectivity index (χ2n) is 6.33. The first-order valence-corrected chi connectivity index (χ1v) is 10.9. The number of anilines is 1. The monoisotopic (exact) mass is 462 g/mol. The number of carbonyl (C=O) groups excluding carboxylic acids is 1. The van der Waals surface area contributed by atoms with Gasteiger partial charge in [-0.3, -0.25) is 4.72 Å². The summed E-state index contributed by atoms with van der Waals surface area (Å²) in [7, 11) is 0.117. The number of nitrogens with zero attached hydrogens (tertiary/aromatic N) is 1. The second kappa shape index (κ2) is 9.60. The van der Waals surface area contributed by atoms with E-state index >= 15 is 0 Å². The number of rotatable bonds is 9. The predicted molar refractivity (Wildman–Crippen MR) is 115 cm³/mol. The summed E-state index contributed by atoms with van der Waals surface area (Å²) >= 11 is 0. The van der Waals surface area contributed by atoms with Crippen LogP contribution in [0.15, 0.2) is 51.9 Å². The van der Waals surface area contributed by atoms with Crippen LogP contribution in [-0.2, 0) is 14.8 Å². The molecule has 10 nitrogen and oxygen atoms in total. The largest absolute Gasteiger partial charge is 0.497 e. The molecule has 170 valence electrons. The highest BCUT2D eigenvalue weighted by Crippen LogP contribution is 2.35. The Balaban J connectivity index is 2.01. The maximum atomic E-state index is 13.2. The first-order valence-electron chi connectivity index (χ1n) is 9.40. The van der Waals surface area contributed by atoms with E-state index in [1.54, 1.807) is 25.1 Å². The van der Waals surface area contributed by atoms with Crippen molar-refractivity contribution in [3.8, 4) is 28.6 Å². The predicted octanol–water partition coefficient (Wildman–Crippen LogP) is 3.34. The third-order valence-electron chi connectivity index (χ3n) is 4.38. The van der Waals surface area contributed by atoms with E-state index in [-0.39, 0.29) is 34.4 Å². The summed E-state index contributed by atoms with van der Waals surface area (Å²) in [5, 5.41) is 3.68. The number of hydrogen-bond donors (Lipinski definition) is 1. The van der Waals surface area contributed by atoms with Crippen LogP contribution in [0, 0.1) is 0 Å². The summed E-state index contributed by atoms with van der Waals surface area (Å²) in [6.07, 6.45) is 0. The van der Waals surface area contributed by atoms with Crippen LogP contribution < -0.4 is 18.9 Å². The lowest BCUT2D eigenvalue weighted by Crippen LogP contribution is -2.15. The number of ether oxygens (including phenoxy) is 4. The third kappa shape index (κ3) is 4.78. The van der Waals surface area contributed by atoms with Crippen molar-refractivity contribution in [2.75, 3.05) is 32.7 Å². The van der Waals surface area contributed by atoms with Crippen molar-refractivity contribution >= 4 is 21.7 Å². The lowest BCUT2D eigenvalue weighted by atomic mass is 10.1. The number of nitrogens with one attached hydrogen (secondary N) is 1. The molecule has 0 atom stereocenters. The Morgan fingerprint density at radius 1 is 1.00 bits per heavy atom. The fraction of sp³-hybridized carbons (Fsp3) is 0.238. The molecule has 0 radical (unpaired) electrons. The lowest BCUT2D eigenvalue weighted by molar-refractivity contribution is 0.0514. The highest BCUT2D eigenvalue weighted by atomic mass is 32.2. The summed E-state index contributed by atoms with van der Waals surface area (Å²) < 4.78 is 54.7. The fourth-order valence-corrected chi connectivity index (χ4v) is 4.10. The van der Waals surface area contributed by atoms with Crippen molar-refractivity contribution in [3.63, 3.8) is 0 Å². The van der Waals surface area contributed by atoms with E-state index in [1.807, 2.05) is 0 Å². The minimum Gasteiger partial charge on any atom is -0.497 e. The molecule has 3 rings (SSSR count). The molecule has 0 aliphatic heterocycles. The Morgan fingerprint density at radius 2 is 1.72 bits per heavy atom. The molecule has 2 aromatic carbocycles. The number of methoxy groups -OCH3 is 3. The Bertz CT molecular complexity index is 1220. The van der Waals surface area contributed by atoms with Crippen LogP contribution in [0.25, 0.3) is 11.3 Å². The van der Waals surface area contributed by atoms with Gasteiger partial charge in [0, 0.05) is 17.7 Å². The van der Waals surface area contributed by atoms with Crippen molar-refractivity contribution < 1.29 is 36.7 Å². The van der Waals surface area contributed by atoms with Crippen molar-refractivity contribution in [1.29, 1.82) is 0 Å². The molecule has 0 unspecified atom stereocenters. The molecular formula is C21H22N2O8S. The van der Waals surface area contributed by atoms with E-state index in [4.69, 9.17) is 23.5 Å². The van der Waals surface area contributed by atoms with Gasteiger partial charge in [-0.2, -0.15) is 0 Å². The van der Waals surface area contributed by atoms with E-state index in [2.05, 4.69) is 9.88 Å². The minimum absolute atomic E-state index is 0.0266. The number of sulfonamides is 1. The van der Waals surface area contributed by atoms with Gasteiger partial charge in [0.25, 0.3) is 10.0 Å². The fourth-order valence-electron chi connectivity index (χ4n) is 2.85. The van der Waals surface area contributed by atoms with Gasteiger partial charge in [0.2, 0.25) is 0 Å². The summed E-state index contributed by atoms with van der Waals surface area (Å²) in [5.41, 5.74) is 0.525. The Kier molecular flexibility index (Phi) is 6.89. The highest BCUT2D eigenvalue weighted by Gasteiger charge is 2.24. The number of carbonyl (C=O) groups is 1. The smallest absolute Gasteiger partial charge is 0.360 e. The van der Waals surface area contributed by atoms with Crippen LogP contribution in [0.3, 0.4) is 0 Å². The van der Waals surface area contributed by atoms with Crippen LogP contribution in [0.4, 0.5) is 5.69 Å². The van der Waals surface area contributed by atoms with Gasteiger partial charge in [0.1, 0.15) is 22.1 Å². The molecule has 0 bridgehead atoms. The molecule has 0 aliphatic carbocycles. The van der Waals surface area contributed by atoms with Crippen LogP contribution in [0.2, 0.25) is 0 Å². The maximum absolute atomic E-state index is 13.2. The molecule has 1 aromatic heterocycles. The van der Waals surface area contributed by atoms with E-state index in [1.165, 1.54) is 45.6 Å². The van der Waals surface area contributed by atoms with Crippen LogP contribution >= 0.6 is 0 Å². The van der Waals surface area contributed by atoms with Crippen molar-refractivity contribution in [1.82, 2.24) is 5.16 Å². The first kappa shape index (κ1) is 22.9. The minimum atomic E-state index is -4.13. The Hall–Kier alpha value is -3.73. The first-order chi connectivity index (χ1) is 15.3. The maximum Gasteiger partial charge on any atom is 0.360 e. The average Bonchev–Trinajstić information content (AvgIpc) is 3.29. The van der Waals surface area contributed by atoms with Gasteiger partial charge < -0.3 is 23.5 Å². The molecule has 0 spiro atoms. The molecule has 0 aliphatic rings. The van der Waals surface area contributed by atoms with Crippen molar-refractivity contribution in [2.24, 2.45) is 0 Å². The molecule has 3 aromatic rings. The van der Waals surface area contributed by atoms with E-state index < -0.39 is 16.0 Å². The lowest BCUT2D eigenvalue weighted by Gasteiger charge is -2.15. The van der Waals surface area contributed by atoms with Gasteiger partial charge in [-0.15, -0.1) is 0 Å².